The van der Waals surface area contributed by atoms with Gasteiger partial charge in [0.15, 0.2) is 11.6 Å². The molecular formula is C15H22F2N2O. The molecule has 0 saturated carbocycles. The minimum absolute atomic E-state index is 0.483. The molecule has 112 valence electrons. The van der Waals surface area contributed by atoms with E-state index in [9.17, 15) is 8.78 Å². The number of methoxy groups -OCH3 is 1. The molecule has 1 heterocycles. The summed E-state index contributed by atoms with van der Waals surface area (Å²) >= 11 is 0. The van der Waals surface area contributed by atoms with Crippen LogP contribution in [0.3, 0.4) is 0 Å². The van der Waals surface area contributed by atoms with Crippen LogP contribution in [0, 0.1) is 11.6 Å². The second-order valence-electron chi connectivity index (χ2n) is 5.27. The average Bonchev–Trinajstić information content (AvgIpc) is 2.93. The first-order chi connectivity index (χ1) is 9.69. The van der Waals surface area contributed by atoms with Gasteiger partial charge in [-0.05, 0) is 37.1 Å². The number of hydrogen-bond donors (Lipinski definition) is 1. The van der Waals surface area contributed by atoms with Crippen LogP contribution in [0.2, 0.25) is 0 Å². The third kappa shape index (κ3) is 4.51. The van der Waals surface area contributed by atoms with Crippen molar-refractivity contribution in [3.05, 3.63) is 35.4 Å². The van der Waals surface area contributed by atoms with Crippen molar-refractivity contribution in [2.24, 2.45) is 0 Å². The number of nitrogens with zero attached hydrogens (tertiary/aromatic N) is 1. The van der Waals surface area contributed by atoms with Gasteiger partial charge in [-0.15, -0.1) is 0 Å². The summed E-state index contributed by atoms with van der Waals surface area (Å²) in [7, 11) is 1.67. The van der Waals surface area contributed by atoms with E-state index in [0.717, 1.165) is 25.2 Å². The fourth-order valence-electron chi connectivity index (χ4n) is 2.58. The molecular weight excluding hydrogens is 262 g/mol. The van der Waals surface area contributed by atoms with Crippen LogP contribution >= 0.6 is 0 Å². The molecule has 1 N–H and O–H groups in total. The standard InChI is InChI=1S/C15H22F2N2O/c1-20-8-7-19(11-13-3-2-6-18-13)10-12-4-5-14(16)15(17)9-12/h4-5,9,13,18H,2-3,6-8,10-11H2,1H3. The highest BCUT2D eigenvalue weighted by Crippen LogP contribution is 2.13. The van der Waals surface area contributed by atoms with Crippen molar-refractivity contribution in [1.82, 2.24) is 10.2 Å². The third-order valence-corrected chi connectivity index (χ3v) is 3.64. The molecule has 0 spiro atoms. The summed E-state index contributed by atoms with van der Waals surface area (Å²) in [5, 5.41) is 3.45. The lowest BCUT2D eigenvalue weighted by molar-refractivity contribution is 0.138. The van der Waals surface area contributed by atoms with Gasteiger partial charge in [0.05, 0.1) is 6.61 Å². The molecule has 0 bridgehead atoms. The van der Waals surface area contributed by atoms with Gasteiger partial charge in [-0.1, -0.05) is 6.07 Å². The smallest absolute Gasteiger partial charge is 0.159 e. The van der Waals surface area contributed by atoms with Crippen LogP contribution in [0.15, 0.2) is 18.2 Å². The van der Waals surface area contributed by atoms with Crippen LogP contribution in [0.4, 0.5) is 8.78 Å². The Morgan fingerprint density at radius 2 is 2.20 bits per heavy atom. The van der Waals surface area contributed by atoms with Crippen molar-refractivity contribution in [2.75, 3.05) is 33.4 Å². The molecule has 20 heavy (non-hydrogen) atoms. The molecule has 1 unspecified atom stereocenters. The summed E-state index contributed by atoms with van der Waals surface area (Å²) in [6, 6.07) is 4.59. The van der Waals surface area contributed by atoms with E-state index in [4.69, 9.17) is 4.74 Å². The zero-order valence-corrected chi connectivity index (χ0v) is 11.9. The Morgan fingerprint density at radius 3 is 2.85 bits per heavy atom. The first kappa shape index (κ1) is 15.4. The average molecular weight is 284 g/mol. The van der Waals surface area contributed by atoms with Crippen molar-refractivity contribution in [3.8, 4) is 0 Å². The topological polar surface area (TPSA) is 24.5 Å². The lowest BCUT2D eigenvalue weighted by Gasteiger charge is -2.25. The molecule has 2 rings (SSSR count). The highest BCUT2D eigenvalue weighted by molar-refractivity contribution is 5.17. The number of ether oxygens (including phenoxy) is 1. The molecule has 1 atom stereocenters. The van der Waals surface area contributed by atoms with Gasteiger partial charge in [-0.25, -0.2) is 8.78 Å². The van der Waals surface area contributed by atoms with Crippen LogP contribution in [0.5, 0.6) is 0 Å². The van der Waals surface area contributed by atoms with Crippen molar-refractivity contribution in [1.29, 1.82) is 0 Å². The minimum Gasteiger partial charge on any atom is -0.383 e. The molecule has 0 aliphatic carbocycles. The lowest BCUT2D eigenvalue weighted by Crippen LogP contribution is -2.38. The monoisotopic (exact) mass is 284 g/mol. The van der Waals surface area contributed by atoms with E-state index in [0.29, 0.717) is 19.2 Å². The second kappa shape index (κ2) is 7.67. The quantitative estimate of drug-likeness (QED) is 0.830. The normalized spacial score (nSPS) is 18.9. The Hall–Kier alpha value is -1.04. The summed E-state index contributed by atoms with van der Waals surface area (Å²) < 4.78 is 31.3. The highest BCUT2D eigenvalue weighted by Gasteiger charge is 2.18. The Balaban J connectivity index is 1.95. The van der Waals surface area contributed by atoms with Crippen molar-refractivity contribution in [3.63, 3.8) is 0 Å². The van der Waals surface area contributed by atoms with Crippen LogP contribution < -0.4 is 5.32 Å². The number of benzene rings is 1. The fraction of sp³-hybridized carbons (Fsp3) is 0.600. The van der Waals surface area contributed by atoms with Crippen molar-refractivity contribution >= 4 is 0 Å². The van der Waals surface area contributed by atoms with E-state index >= 15 is 0 Å². The number of halogens is 2. The largest absolute Gasteiger partial charge is 0.383 e. The summed E-state index contributed by atoms with van der Waals surface area (Å²) in [6.07, 6.45) is 2.37. The number of rotatable bonds is 7. The number of hydrogen-bond acceptors (Lipinski definition) is 3. The minimum atomic E-state index is -0.797. The second-order valence-corrected chi connectivity index (χ2v) is 5.27. The van der Waals surface area contributed by atoms with Gasteiger partial charge in [-0.3, -0.25) is 4.90 Å². The van der Waals surface area contributed by atoms with Gasteiger partial charge in [-0.2, -0.15) is 0 Å². The SMILES string of the molecule is COCCN(Cc1ccc(F)c(F)c1)CC1CCCN1. The van der Waals surface area contributed by atoms with Gasteiger partial charge in [0, 0.05) is 32.8 Å². The third-order valence-electron chi connectivity index (χ3n) is 3.64. The Bertz CT molecular complexity index is 422. The Labute approximate surface area is 118 Å². The summed E-state index contributed by atoms with van der Waals surface area (Å²) in [4.78, 5) is 2.22. The highest BCUT2D eigenvalue weighted by atomic mass is 19.2. The van der Waals surface area contributed by atoms with E-state index in [1.54, 1.807) is 13.2 Å². The Morgan fingerprint density at radius 1 is 1.35 bits per heavy atom. The van der Waals surface area contributed by atoms with Crippen LogP contribution in [0.25, 0.3) is 0 Å². The molecule has 3 nitrogen and oxygen atoms in total. The molecule has 1 saturated heterocycles. The summed E-state index contributed by atoms with van der Waals surface area (Å²) in [6.45, 7) is 4.00. The van der Waals surface area contributed by atoms with E-state index in [-0.39, 0.29) is 0 Å². The maximum Gasteiger partial charge on any atom is 0.159 e. The van der Waals surface area contributed by atoms with Crippen molar-refractivity contribution < 1.29 is 13.5 Å². The molecule has 1 aromatic carbocycles. The van der Waals surface area contributed by atoms with Gasteiger partial charge in [0.2, 0.25) is 0 Å². The predicted octanol–water partition coefficient (Wildman–Crippen LogP) is 2.17. The van der Waals surface area contributed by atoms with E-state index in [1.165, 1.54) is 25.0 Å². The van der Waals surface area contributed by atoms with Gasteiger partial charge in [0.1, 0.15) is 0 Å². The van der Waals surface area contributed by atoms with Crippen molar-refractivity contribution in [2.45, 2.75) is 25.4 Å². The predicted molar refractivity (Wildman–Crippen MR) is 74.5 cm³/mol. The molecule has 1 aliphatic heterocycles. The first-order valence-corrected chi connectivity index (χ1v) is 7.07. The number of nitrogens with one attached hydrogen (secondary N) is 1. The maximum absolute atomic E-state index is 13.3. The molecule has 0 aromatic heterocycles. The maximum atomic E-state index is 13.3. The van der Waals surface area contributed by atoms with E-state index < -0.39 is 11.6 Å². The van der Waals surface area contributed by atoms with Gasteiger partial charge < -0.3 is 10.1 Å². The molecule has 1 aromatic rings. The van der Waals surface area contributed by atoms with E-state index in [2.05, 4.69) is 10.2 Å². The molecule has 0 amide bonds. The van der Waals surface area contributed by atoms with Gasteiger partial charge >= 0.3 is 0 Å². The van der Waals surface area contributed by atoms with Crippen LogP contribution in [-0.4, -0.2) is 44.3 Å². The zero-order valence-electron chi connectivity index (χ0n) is 11.9. The molecule has 0 radical (unpaired) electrons. The van der Waals surface area contributed by atoms with Gasteiger partial charge in [0.25, 0.3) is 0 Å². The zero-order chi connectivity index (χ0) is 14.4. The molecule has 5 heteroatoms. The van der Waals surface area contributed by atoms with Crippen LogP contribution in [-0.2, 0) is 11.3 Å². The first-order valence-electron chi connectivity index (χ1n) is 7.07. The summed E-state index contributed by atoms with van der Waals surface area (Å²) in [5.41, 5.74) is 0.790. The molecule has 1 fully saturated rings. The van der Waals surface area contributed by atoms with E-state index in [1.807, 2.05) is 0 Å². The molecule has 1 aliphatic rings. The lowest BCUT2D eigenvalue weighted by atomic mass is 10.1. The summed E-state index contributed by atoms with van der Waals surface area (Å²) in [5.74, 6) is -1.58. The Kier molecular flexibility index (Phi) is 5.88. The fourth-order valence-corrected chi connectivity index (χ4v) is 2.58. The van der Waals surface area contributed by atoms with Crippen LogP contribution in [0.1, 0.15) is 18.4 Å².